The molecule has 0 saturated carbocycles. The van der Waals surface area contributed by atoms with Crippen LogP contribution in [0.2, 0.25) is 0 Å². The molecule has 1 saturated heterocycles. The molecule has 0 unspecified atom stereocenters. The van der Waals surface area contributed by atoms with Crippen molar-refractivity contribution in [2.75, 3.05) is 0 Å². The molecule has 1 aliphatic rings. The molecule has 0 atom stereocenters. The van der Waals surface area contributed by atoms with E-state index in [4.69, 9.17) is 12.2 Å². The molecule has 1 aliphatic heterocycles. The fourth-order valence-electron chi connectivity index (χ4n) is 3.08. The topological polar surface area (TPSA) is 103 Å². The number of nitrogens with one attached hydrogen (secondary N) is 2. The highest BCUT2D eigenvalue weighted by Crippen LogP contribution is 2.16. The van der Waals surface area contributed by atoms with Crippen molar-refractivity contribution in [3.8, 4) is 0 Å². The quantitative estimate of drug-likeness (QED) is 0.391. The van der Waals surface area contributed by atoms with E-state index >= 15 is 0 Å². The zero-order valence-electron chi connectivity index (χ0n) is 15.1. The van der Waals surface area contributed by atoms with Gasteiger partial charge in [-0.25, -0.2) is 14.6 Å². The van der Waals surface area contributed by atoms with Gasteiger partial charge < -0.3 is 9.88 Å². The van der Waals surface area contributed by atoms with Crippen molar-refractivity contribution in [2.45, 2.75) is 6.54 Å². The van der Waals surface area contributed by atoms with Crippen molar-refractivity contribution in [1.29, 1.82) is 0 Å². The second kappa shape index (κ2) is 6.57. The Hall–Kier alpha value is -3.53. The SMILES string of the molecule is Cn1c(=S)c2c(ncn2Cc2ccc(/C=C3\NC(=O)NC3=O)cc2)n(C)c1=O. The van der Waals surface area contributed by atoms with Crippen molar-refractivity contribution < 1.29 is 9.59 Å². The molecule has 0 radical (unpaired) electrons. The lowest BCUT2D eigenvalue weighted by Gasteiger charge is -2.08. The van der Waals surface area contributed by atoms with Crippen LogP contribution in [0.3, 0.4) is 0 Å². The third-order valence-electron chi connectivity index (χ3n) is 4.58. The Balaban J connectivity index is 1.65. The minimum atomic E-state index is -0.526. The molecule has 9 nitrogen and oxygen atoms in total. The first-order valence-corrected chi connectivity index (χ1v) is 8.80. The average molecular weight is 396 g/mol. The normalized spacial score (nSPS) is 15.3. The summed E-state index contributed by atoms with van der Waals surface area (Å²) in [4.78, 5) is 39.2. The van der Waals surface area contributed by atoms with Crippen molar-refractivity contribution >= 4 is 41.4 Å². The Kier molecular flexibility index (Phi) is 4.19. The number of nitrogens with zero attached hydrogens (tertiary/aromatic N) is 4. The van der Waals surface area contributed by atoms with Crippen molar-refractivity contribution in [2.24, 2.45) is 14.1 Å². The van der Waals surface area contributed by atoms with Crippen LogP contribution in [-0.2, 0) is 25.4 Å². The van der Waals surface area contributed by atoms with Gasteiger partial charge in [-0.05, 0) is 17.2 Å². The average Bonchev–Trinajstić information content (AvgIpc) is 3.22. The number of imide groups is 1. The molecule has 0 aliphatic carbocycles. The first-order chi connectivity index (χ1) is 13.3. The third kappa shape index (κ3) is 2.93. The summed E-state index contributed by atoms with van der Waals surface area (Å²) in [5.74, 6) is -0.449. The smallest absolute Gasteiger partial charge is 0.322 e. The van der Waals surface area contributed by atoms with Crippen LogP contribution in [-0.4, -0.2) is 30.6 Å². The second-order valence-electron chi connectivity index (χ2n) is 6.46. The standard InChI is InChI=1S/C18H16N6O3S/c1-22-14-13(16(28)23(2)18(22)27)24(9-19-14)8-11-5-3-10(4-6-11)7-12-15(25)21-17(26)20-12/h3-7,9H,8H2,1-2H3,(H2,20,21,25,26)/b12-7-. The fraction of sp³-hybridized carbons (Fsp3) is 0.167. The molecule has 0 bridgehead atoms. The Bertz CT molecular complexity index is 1280. The molecule has 3 aromatic rings. The number of imidazole rings is 1. The number of hydrogen-bond donors (Lipinski definition) is 2. The van der Waals surface area contributed by atoms with Crippen molar-refractivity contribution in [3.63, 3.8) is 0 Å². The van der Waals surface area contributed by atoms with Gasteiger partial charge in [0, 0.05) is 20.6 Å². The van der Waals surface area contributed by atoms with Crippen molar-refractivity contribution in [3.05, 3.63) is 62.5 Å². The van der Waals surface area contributed by atoms with Crippen LogP contribution in [0.5, 0.6) is 0 Å². The van der Waals surface area contributed by atoms with Crippen LogP contribution >= 0.6 is 12.2 Å². The van der Waals surface area contributed by atoms with Crippen LogP contribution in [0.1, 0.15) is 11.1 Å². The third-order valence-corrected chi connectivity index (χ3v) is 5.05. The zero-order valence-corrected chi connectivity index (χ0v) is 15.9. The number of fused-ring (bicyclic) bond motifs is 1. The molecule has 1 fully saturated rings. The Labute approximate surface area is 163 Å². The zero-order chi connectivity index (χ0) is 20.0. The van der Waals surface area contributed by atoms with Gasteiger partial charge in [0.1, 0.15) is 15.9 Å². The maximum Gasteiger partial charge on any atom is 0.330 e. The van der Waals surface area contributed by atoms with E-state index in [1.165, 1.54) is 9.13 Å². The van der Waals surface area contributed by atoms with Crippen LogP contribution in [0, 0.1) is 4.64 Å². The van der Waals surface area contributed by atoms with Gasteiger partial charge in [-0.1, -0.05) is 36.5 Å². The molecular formula is C18H16N6O3S. The molecule has 2 aromatic heterocycles. The monoisotopic (exact) mass is 396 g/mol. The van der Waals surface area contributed by atoms with Gasteiger partial charge >= 0.3 is 11.7 Å². The molecule has 3 heterocycles. The molecule has 1 aromatic carbocycles. The van der Waals surface area contributed by atoms with Gasteiger partial charge in [0.2, 0.25) is 0 Å². The summed E-state index contributed by atoms with van der Waals surface area (Å²) in [5, 5.41) is 4.61. The molecule has 142 valence electrons. The Morgan fingerprint density at radius 3 is 2.43 bits per heavy atom. The van der Waals surface area contributed by atoms with E-state index in [0.29, 0.717) is 16.8 Å². The number of carbonyl (C=O) groups is 2. The number of urea groups is 1. The first kappa shape index (κ1) is 17.9. The molecular weight excluding hydrogens is 380 g/mol. The number of aryl methyl sites for hydroxylation is 1. The van der Waals surface area contributed by atoms with Crippen molar-refractivity contribution in [1.82, 2.24) is 29.3 Å². The largest absolute Gasteiger partial charge is 0.330 e. The highest BCUT2D eigenvalue weighted by Gasteiger charge is 2.22. The first-order valence-electron chi connectivity index (χ1n) is 8.39. The Morgan fingerprint density at radius 1 is 1.07 bits per heavy atom. The van der Waals surface area contributed by atoms with E-state index < -0.39 is 11.9 Å². The molecule has 10 heteroatoms. The van der Waals surface area contributed by atoms with Crippen LogP contribution in [0.4, 0.5) is 4.79 Å². The summed E-state index contributed by atoms with van der Waals surface area (Å²) < 4.78 is 5.22. The van der Waals surface area contributed by atoms with Gasteiger partial charge in [0.25, 0.3) is 5.91 Å². The van der Waals surface area contributed by atoms with Crippen LogP contribution in [0.15, 0.2) is 41.1 Å². The summed E-state index contributed by atoms with van der Waals surface area (Å²) in [6.07, 6.45) is 3.27. The summed E-state index contributed by atoms with van der Waals surface area (Å²) in [6.45, 7) is 0.520. The van der Waals surface area contributed by atoms with E-state index in [0.717, 1.165) is 16.6 Å². The Morgan fingerprint density at radius 2 is 1.79 bits per heavy atom. The predicted octanol–water partition coefficient (Wildman–Crippen LogP) is 1.03. The van der Waals surface area contributed by atoms with E-state index in [2.05, 4.69) is 15.6 Å². The molecule has 28 heavy (non-hydrogen) atoms. The fourth-order valence-corrected chi connectivity index (χ4v) is 3.37. The minimum Gasteiger partial charge on any atom is -0.322 e. The van der Waals surface area contributed by atoms with Crippen LogP contribution in [0.25, 0.3) is 17.2 Å². The maximum atomic E-state index is 12.1. The highest BCUT2D eigenvalue weighted by molar-refractivity contribution is 7.71. The van der Waals surface area contributed by atoms with E-state index in [9.17, 15) is 14.4 Å². The molecule has 2 N–H and O–H groups in total. The summed E-state index contributed by atoms with van der Waals surface area (Å²) in [7, 11) is 3.30. The number of carbonyl (C=O) groups excluding carboxylic acids is 2. The van der Waals surface area contributed by atoms with Gasteiger partial charge in [-0.2, -0.15) is 0 Å². The summed E-state index contributed by atoms with van der Waals surface area (Å²) in [6, 6.07) is 7.00. The van der Waals surface area contributed by atoms with E-state index in [-0.39, 0.29) is 11.4 Å². The van der Waals surface area contributed by atoms with Gasteiger partial charge in [0.05, 0.1) is 6.33 Å². The number of amides is 3. The number of aromatic nitrogens is 4. The van der Waals surface area contributed by atoms with Crippen LogP contribution < -0.4 is 16.3 Å². The molecule has 0 spiro atoms. The molecule has 4 rings (SSSR count). The highest BCUT2D eigenvalue weighted by atomic mass is 32.1. The number of rotatable bonds is 3. The lowest BCUT2D eigenvalue weighted by molar-refractivity contribution is -0.115. The maximum absolute atomic E-state index is 12.1. The van der Waals surface area contributed by atoms with Gasteiger partial charge in [-0.15, -0.1) is 0 Å². The summed E-state index contributed by atoms with van der Waals surface area (Å²) >= 11 is 5.43. The van der Waals surface area contributed by atoms with E-state index in [1.54, 1.807) is 26.5 Å². The lowest BCUT2D eigenvalue weighted by atomic mass is 10.1. The lowest BCUT2D eigenvalue weighted by Crippen LogP contribution is -2.28. The molecule has 3 amide bonds. The van der Waals surface area contributed by atoms with E-state index in [1.807, 2.05) is 28.8 Å². The predicted molar refractivity (Wildman–Crippen MR) is 105 cm³/mol. The second-order valence-corrected chi connectivity index (χ2v) is 6.84. The van der Waals surface area contributed by atoms with Gasteiger partial charge in [-0.3, -0.25) is 19.2 Å². The summed E-state index contributed by atoms with van der Waals surface area (Å²) in [5.41, 5.74) is 3.02. The minimum absolute atomic E-state index is 0.211. The van der Waals surface area contributed by atoms with Gasteiger partial charge in [0.15, 0.2) is 5.65 Å². The number of hydrogen-bond acceptors (Lipinski definition) is 5. The number of benzene rings is 1.